The van der Waals surface area contributed by atoms with E-state index >= 15 is 0 Å². The van der Waals surface area contributed by atoms with E-state index in [2.05, 4.69) is 15.6 Å². The van der Waals surface area contributed by atoms with Gasteiger partial charge in [-0.2, -0.15) is 0 Å². The fraction of sp³-hybridized carbons (Fsp3) is 0.158. The summed E-state index contributed by atoms with van der Waals surface area (Å²) >= 11 is 18.5. The van der Waals surface area contributed by atoms with Crippen molar-refractivity contribution >= 4 is 63.2 Å². The highest BCUT2D eigenvalue weighted by molar-refractivity contribution is 6.40. The van der Waals surface area contributed by atoms with E-state index in [0.29, 0.717) is 33.7 Å². The van der Waals surface area contributed by atoms with Crippen LogP contribution in [0.15, 0.2) is 36.4 Å². The van der Waals surface area contributed by atoms with Crippen molar-refractivity contribution < 1.29 is 9.59 Å². The number of nitrogens with one attached hydrogen (secondary N) is 3. The average Bonchev–Trinajstić information content (AvgIpc) is 2.96. The van der Waals surface area contributed by atoms with Crippen molar-refractivity contribution in [3.05, 3.63) is 62.7 Å². The van der Waals surface area contributed by atoms with Crippen molar-refractivity contribution in [1.29, 1.82) is 0 Å². The smallest absolute Gasteiger partial charge is 0.273 e. The lowest BCUT2D eigenvalue weighted by atomic mass is 10.2. The minimum Gasteiger partial charge on any atom is -0.352 e. The van der Waals surface area contributed by atoms with Crippen LogP contribution >= 0.6 is 34.8 Å². The molecule has 1 aromatic heterocycles. The second kappa shape index (κ2) is 8.21. The van der Waals surface area contributed by atoms with Gasteiger partial charge in [-0.15, -0.1) is 0 Å². The predicted molar refractivity (Wildman–Crippen MR) is 110 cm³/mol. The number of rotatable bonds is 5. The van der Waals surface area contributed by atoms with Crippen LogP contribution in [0.3, 0.4) is 0 Å². The highest BCUT2D eigenvalue weighted by atomic mass is 35.5. The van der Waals surface area contributed by atoms with Crippen LogP contribution in [0.25, 0.3) is 10.9 Å². The van der Waals surface area contributed by atoms with Crippen LogP contribution in [0.2, 0.25) is 15.1 Å². The van der Waals surface area contributed by atoms with Crippen LogP contribution in [0.5, 0.6) is 0 Å². The molecule has 0 aliphatic rings. The Kier molecular flexibility index (Phi) is 5.95. The maximum absolute atomic E-state index is 12.6. The van der Waals surface area contributed by atoms with Crippen LogP contribution < -0.4 is 10.6 Å². The number of amides is 2. The zero-order valence-corrected chi connectivity index (χ0v) is 16.6. The number of carbonyl (C=O) groups is 2. The Morgan fingerprint density at radius 1 is 1.04 bits per heavy atom. The molecular formula is C19H16Cl3N3O2. The Bertz CT molecular complexity index is 1030. The zero-order valence-electron chi connectivity index (χ0n) is 14.3. The topological polar surface area (TPSA) is 74.0 Å². The fourth-order valence-corrected chi connectivity index (χ4v) is 3.32. The van der Waals surface area contributed by atoms with Gasteiger partial charge in [-0.25, -0.2) is 0 Å². The molecule has 3 rings (SSSR count). The molecule has 140 valence electrons. The van der Waals surface area contributed by atoms with Gasteiger partial charge < -0.3 is 15.6 Å². The van der Waals surface area contributed by atoms with E-state index in [4.69, 9.17) is 34.8 Å². The van der Waals surface area contributed by atoms with E-state index in [0.717, 1.165) is 6.42 Å². The lowest BCUT2D eigenvalue weighted by Gasteiger charge is -2.09. The van der Waals surface area contributed by atoms with E-state index in [1.165, 1.54) is 6.07 Å². The SMILES string of the molecule is CCCNC(=O)c1ccc(NC(=O)c2[nH]c3ccc(Cl)cc3c2Cl)cc1Cl. The molecule has 0 aliphatic heterocycles. The van der Waals surface area contributed by atoms with Crippen LogP contribution in [-0.2, 0) is 0 Å². The Morgan fingerprint density at radius 2 is 1.81 bits per heavy atom. The predicted octanol–water partition coefficient (Wildman–Crippen LogP) is 5.52. The number of hydrogen-bond acceptors (Lipinski definition) is 2. The van der Waals surface area contributed by atoms with Gasteiger partial charge in [0, 0.05) is 28.2 Å². The molecule has 2 amide bonds. The molecule has 8 heteroatoms. The highest BCUT2D eigenvalue weighted by Crippen LogP contribution is 2.30. The number of hydrogen-bond donors (Lipinski definition) is 3. The third kappa shape index (κ3) is 4.21. The molecule has 0 aliphatic carbocycles. The van der Waals surface area contributed by atoms with Gasteiger partial charge in [0.05, 0.1) is 15.6 Å². The number of benzene rings is 2. The van der Waals surface area contributed by atoms with Crippen molar-refractivity contribution in [3.8, 4) is 0 Å². The number of halogens is 3. The minimum atomic E-state index is -0.424. The number of aromatic nitrogens is 1. The van der Waals surface area contributed by atoms with Crippen LogP contribution in [-0.4, -0.2) is 23.3 Å². The maximum Gasteiger partial charge on any atom is 0.273 e. The van der Waals surface area contributed by atoms with Crippen molar-refractivity contribution in [1.82, 2.24) is 10.3 Å². The summed E-state index contributed by atoms with van der Waals surface area (Å²) < 4.78 is 0. The quantitative estimate of drug-likeness (QED) is 0.504. The number of fused-ring (bicyclic) bond motifs is 1. The van der Waals surface area contributed by atoms with Crippen LogP contribution in [0, 0.1) is 0 Å². The summed E-state index contributed by atoms with van der Waals surface area (Å²) in [5.41, 5.74) is 1.72. The van der Waals surface area contributed by atoms with Crippen molar-refractivity contribution in [2.24, 2.45) is 0 Å². The molecule has 3 aromatic rings. The van der Waals surface area contributed by atoms with E-state index in [9.17, 15) is 9.59 Å². The number of anilines is 1. The molecule has 27 heavy (non-hydrogen) atoms. The first kappa shape index (κ1) is 19.5. The second-order valence-electron chi connectivity index (χ2n) is 5.91. The van der Waals surface area contributed by atoms with Gasteiger partial charge in [0.25, 0.3) is 11.8 Å². The molecule has 1 heterocycles. The molecule has 0 unspecified atom stereocenters. The monoisotopic (exact) mass is 423 g/mol. The maximum atomic E-state index is 12.6. The summed E-state index contributed by atoms with van der Waals surface area (Å²) in [5.74, 6) is -0.679. The van der Waals surface area contributed by atoms with E-state index in [-0.39, 0.29) is 21.6 Å². The van der Waals surface area contributed by atoms with Gasteiger partial charge in [0.15, 0.2) is 0 Å². The van der Waals surface area contributed by atoms with Gasteiger partial charge in [-0.1, -0.05) is 41.7 Å². The summed E-state index contributed by atoms with van der Waals surface area (Å²) in [6, 6.07) is 9.84. The van der Waals surface area contributed by atoms with Crippen LogP contribution in [0.4, 0.5) is 5.69 Å². The number of aromatic amines is 1. The van der Waals surface area contributed by atoms with Gasteiger partial charge in [-0.3, -0.25) is 9.59 Å². The lowest BCUT2D eigenvalue weighted by Crippen LogP contribution is -2.24. The molecule has 0 saturated carbocycles. The summed E-state index contributed by atoms with van der Waals surface area (Å²) in [6.45, 7) is 2.53. The van der Waals surface area contributed by atoms with Gasteiger partial charge in [0.2, 0.25) is 0 Å². The molecule has 0 radical (unpaired) electrons. The molecule has 0 spiro atoms. The summed E-state index contributed by atoms with van der Waals surface area (Å²) in [6.07, 6.45) is 0.827. The van der Waals surface area contributed by atoms with Crippen molar-refractivity contribution in [2.45, 2.75) is 13.3 Å². The van der Waals surface area contributed by atoms with E-state index in [1.807, 2.05) is 6.92 Å². The lowest BCUT2D eigenvalue weighted by molar-refractivity contribution is 0.0953. The standard InChI is InChI=1S/C19H16Cl3N3O2/c1-2-7-23-18(26)12-5-4-11(9-14(12)21)24-19(27)17-16(22)13-8-10(20)3-6-15(13)25-17/h3-6,8-9,25H,2,7H2,1H3,(H,23,26)(H,24,27). The van der Waals surface area contributed by atoms with Crippen LogP contribution in [0.1, 0.15) is 34.2 Å². The Balaban J connectivity index is 1.81. The normalized spacial score (nSPS) is 10.8. The number of carbonyl (C=O) groups excluding carboxylic acids is 2. The number of H-pyrrole nitrogens is 1. The molecule has 2 aromatic carbocycles. The van der Waals surface area contributed by atoms with E-state index in [1.54, 1.807) is 30.3 Å². The molecule has 0 bridgehead atoms. The Labute approximate surface area is 171 Å². The average molecular weight is 425 g/mol. The van der Waals surface area contributed by atoms with Gasteiger partial charge in [-0.05, 0) is 42.8 Å². The first-order chi connectivity index (χ1) is 12.9. The summed E-state index contributed by atoms with van der Waals surface area (Å²) in [7, 11) is 0. The van der Waals surface area contributed by atoms with Crippen molar-refractivity contribution in [2.75, 3.05) is 11.9 Å². The molecule has 3 N–H and O–H groups in total. The summed E-state index contributed by atoms with van der Waals surface area (Å²) in [4.78, 5) is 27.6. The molecule has 0 atom stereocenters. The second-order valence-corrected chi connectivity index (χ2v) is 7.13. The fourth-order valence-electron chi connectivity index (χ4n) is 2.59. The van der Waals surface area contributed by atoms with Crippen molar-refractivity contribution in [3.63, 3.8) is 0 Å². The third-order valence-corrected chi connectivity index (χ3v) is 4.87. The van der Waals surface area contributed by atoms with Gasteiger partial charge >= 0.3 is 0 Å². The highest BCUT2D eigenvalue weighted by Gasteiger charge is 2.18. The Hall–Kier alpha value is -2.21. The largest absolute Gasteiger partial charge is 0.352 e. The van der Waals surface area contributed by atoms with Gasteiger partial charge in [0.1, 0.15) is 5.69 Å². The first-order valence-electron chi connectivity index (χ1n) is 8.26. The Morgan fingerprint density at radius 3 is 2.52 bits per heavy atom. The zero-order chi connectivity index (χ0) is 19.6. The summed E-state index contributed by atoms with van der Waals surface area (Å²) in [5, 5.41) is 7.20. The molecule has 5 nitrogen and oxygen atoms in total. The molecule has 0 saturated heterocycles. The molecular weight excluding hydrogens is 409 g/mol. The minimum absolute atomic E-state index is 0.217. The third-order valence-electron chi connectivity index (χ3n) is 3.93. The van der Waals surface area contributed by atoms with E-state index < -0.39 is 5.91 Å². The first-order valence-corrected chi connectivity index (χ1v) is 9.40. The molecule has 0 fully saturated rings.